The van der Waals surface area contributed by atoms with Crippen molar-refractivity contribution in [2.24, 2.45) is 5.92 Å². The molecule has 1 aromatic rings. The molecule has 150 valence electrons. The Morgan fingerprint density at radius 2 is 1.82 bits per heavy atom. The molecule has 7 nitrogen and oxygen atoms in total. The number of hydrogen-bond donors (Lipinski definition) is 1. The van der Waals surface area contributed by atoms with Crippen LogP contribution in [0.3, 0.4) is 0 Å². The molecule has 28 heavy (non-hydrogen) atoms. The fourth-order valence-electron chi connectivity index (χ4n) is 4.68. The zero-order valence-electron chi connectivity index (χ0n) is 16.4. The van der Waals surface area contributed by atoms with Crippen LogP contribution in [-0.2, 0) is 4.79 Å². The van der Waals surface area contributed by atoms with Gasteiger partial charge >= 0.3 is 6.03 Å². The molecule has 3 aliphatic rings. The minimum atomic E-state index is -0.708. The summed E-state index contributed by atoms with van der Waals surface area (Å²) >= 11 is 0. The van der Waals surface area contributed by atoms with E-state index in [4.69, 9.17) is 0 Å². The normalized spacial score (nSPS) is 28.7. The lowest BCUT2D eigenvalue weighted by Crippen LogP contribution is -2.55. The van der Waals surface area contributed by atoms with Crippen LogP contribution in [0.25, 0.3) is 0 Å². The molecule has 1 aromatic carbocycles. The number of amides is 4. The second kappa shape index (κ2) is 7.54. The van der Waals surface area contributed by atoms with Gasteiger partial charge in [-0.1, -0.05) is 38.0 Å². The van der Waals surface area contributed by atoms with Gasteiger partial charge in [-0.2, -0.15) is 0 Å². The summed E-state index contributed by atoms with van der Waals surface area (Å²) in [6.07, 6.45) is 3.79. The third-order valence-electron chi connectivity index (χ3n) is 6.52. The Hall–Kier alpha value is -2.41. The number of carbonyl (C=O) groups is 3. The smallest absolute Gasteiger partial charge is 0.326 e. The molecule has 7 heteroatoms. The van der Waals surface area contributed by atoms with Gasteiger partial charge in [0.15, 0.2) is 0 Å². The third-order valence-corrected chi connectivity index (χ3v) is 6.52. The van der Waals surface area contributed by atoms with Gasteiger partial charge in [-0.25, -0.2) is 9.69 Å². The summed E-state index contributed by atoms with van der Waals surface area (Å²) in [6, 6.07) is 9.00. The molecule has 2 heterocycles. The molecular weight excluding hydrogens is 356 g/mol. The summed E-state index contributed by atoms with van der Waals surface area (Å²) in [5, 5.41) is 3.00. The molecule has 1 aliphatic carbocycles. The second-order valence-corrected chi connectivity index (χ2v) is 8.20. The molecule has 4 amide bonds. The molecule has 0 bridgehead atoms. The minimum absolute atomic E-state index is 0.0326. The molecule has 3 fully saturated rings. The van der Waals surface area contributed by atoms with Crippen LogP contribution in [0.15, 0.2) is 30.3 Å². The van der Waals surface area contributed by atoms with Crippen LogP contribution >= 0.6 is 0 Å². The largest absolute Gasteiger partial charge is 0.336 e. The molecular formula is C21H28N4O3. The van der Waals surface area contributed by atoms with Crippen molar-refractivity contribution in [3.8, 4) is 0 Å². The summed E-state index contributed by atoms with van der Waals surface area (Å²) in [5.74, 6) is 0.126. The number of imide groups is 1. The van der Waals surface area contributed by atoms with E-state index in [-0.39, 0.29) is 23.8 Å². The van der Waals surface area contributed by atoms with Crippen LogP contribution in [0.2, 0.25) is 0 Å². The maximum atomic E-state index is 13.1. The maximum Gasteiger partial charge on any atom is 0.326 e. The van der Waals surface area contributed by atoms with Crippen molar-refractivity contribution in [2.75, 3.05) is 32.8 Å². The monoisotopic (exact) mass is 384 g/mol. The van der Waals surface area contributed by atoms with Gasteiger partial charge in [0, 0.05) is 31.7 Å². The highest BCUT2D eigenvalue weighted by atomic mass is 16.2. The molecule has 2 saturated heterocycles. The molecule has 1 saturated carbocycles. The maximum absolute atomic E-state index is 13.1. The first-order valence-electron chi connectivity index (χ1n) is 10.2. The van der Waals surface area contributed by atoms with Gasteiger partial charge < -0.3 is 10.2 Å². The highest BCUT2D eigenvalue weighted by Crippen LogP contribution is 2.38. The molecule has 2 aliphatic heterocycles. The lowest BCUT2D eigenvalue weighted by molar-refractivity contribution is -0.135. The summed E-state index contributed by atoms with van der Waals surface area (Å²) in [4.78, 5) is 43.5. The van der Waals surface area contributed by atoms with E-state index in [1.54, 1.807) is 0 Å². The van der Waals surface area contributed by atoms with Crippen LogP contribution in [0, 0.1) is 5.92 Å². The van der Waals surface area contributed by atoms with Crippen molar-refractivity contribution in [1.29, 1.82) is 0 Å². The van der Waals surface area contributed by atoms with E-state index in [9.17, 15) is 14.4 Å². The van der Waals surface area contributed by atoms with Crippen molar-refractivity contribution in [2.45, 2.75) is 38.1 Å². The number of hydrogen-bond acceptors (Lipinski definition) is 4. The van der Waals surface area contributed by atoms with Crippen molar-refractivity contribution in [1.82, 2.24) is 20.0 Å². The molecule has 1 N–H and O–H groups in total. The van der Waals surface area contributed by atoms with Crippen LogP contribution in [0.1, 0.15) is 43.0 Å². The molecule has 0 aromatic heterocycles. The first-order chi connectivity index (χ1) is 13.5. The van der Waals surface area contributed by atoms with Gasteiger partial charge in [-0.3, -0.25) is 14.5 Å². The predicted octanol–water partition coefficient (Wildman–Crippen LogP) is 1.90. The van der Waals surface area contributed by atoms with E-state index >= 15 is 0 Å². The standard InChI is InChI=1S/C21H28N4O3/c1-16-7-5-6-10-21(16)19(27)25(20(28)22-21)15-23-11-13-24(14-12-23)18(26)17-8-3-2-4-9-17/h2-4,8-9,16H,5-7,10-15H2,1H3,(H,22,28). The number of piperazine rings is 1. The van der Waals surface area contributed by atoms with Crippen LogP contribution in [-0.4, -0.2) is 70.9 Å². The van der Waals surface area contributed by atoms with Crippen molar-refractivity contribution in [3.05, 3.63) is 35.9 Å². The lowest BCUT2D eigenvalue weighted by Gasteiger charge is -2.38. The topological polar surface area (TPSA) is 73.0 Å². The van der Waals surface area contributed by atoms with E-state index in [0.717, 1.165) is 25.7 Å². The summed E-state index contributed by atoms with van der Waals surface area (Å²) < 4.78 is 0. The Kier molecular flexibility index (Phi) is 5.10. The molecule has 4 rings (SSSR count). The highest BCUT2D eigenvalue weighted by molar-refractivity contribution is 6.07. The van der Waals surface area contributed by atoms with Crippen LogP contribution < -0.4 is 5.32 Å². The quantitative estimate of drug-likeness (QED) is 0.808. The number of carbonyl (C=O) groups excluding carboxylic acids is 3. The zero-order chi connectivity index (χ0) is 19.7. The minimum Gasteiger partial charge on any atom is -0.336 e. The average molecular weight is 384 g/mol. The zero-order valence-corrected chi connectivity index (χ0v) is 16.4. The van der Waals surface area contributed by atoms with Gasteiger partial charge in [0.25, 0.3) is 11.8 Å². The van der Waals surface area contributed by atoms with E-state index in [0.29, 0.717) is 38.4 Å². The lowest BCUT2D eigenvalue weighted by atomic mass is 9.73. The van der Waals surface area contributed by atoms with Crippen molar-refractivity contribution >= 4 is 17.8 Å². The third kappa shape index (κ3) is 3.28. The summed E-state index contributed by atoms with van der Waals surface area (Å²) in [6.45, 7) is 4.86. The van der Waals surface area contributed by atoms with E-state index in [1.165, 1.54) is 4.90 Å². The van der Waals surface area contributed by atoms with E-state index in [2.05, 4.69) is 17.1 Å². The Balaban J connectivity index is 1.35. The molecule has 2 atom stereocenters. The fraction of sp³-hybridized carbons (Fsp3) is 0.571. The number of benzene rings is 1. The van der Waals surface area contributed by atoms with Crippen molar-refractivity contribution < 1.29 is 14.4 Å². The average Bonchev–Trinajstić information content (AvgIpc) is 2.96. The molecule has 2 unspecified atom stereocenters. The second-order valence-electron chi connectivity index (χ2n) is 8.20. The summed E-state index contributed by atoms with van der Waals surface area (Å²) in [5.41, 5.74) is -0.0151. The summed E-state index contributed by atoms with van der Waals surface area (Å²) in [7, 11) is 0. The fourth-order valence-corrected chi connectivity index (χ4v) is 4.68. The van der Waals surface area contributed by atoms with Gasteiger partial charge in [0.1, 0.15) is 5.54 Å². The Morgan fingerprint density at radius 3 is 2.50 bits per heavy atom. The van der Waals surface area contributed by atoms with Crippen LogP contribution in [0.5, 0.6) is 0 Å². The Morgan fingerprint density at radius 1 is 1.11 bits per heavy atom. The first kappa shape index (κ1) is 18.9. The van der Waals surface area contributed by atoms with Gasteiger partial charge in [-0.05, 0) is 30.9 Å². The molecule has 0 radical (unpaired) electrons. The SMILES string of the molecule is CC1CCCCC12NC(=O)N(CN1CCN(C(=O)c3ccccc3)CC1)C2=O. The number of rotatable bonds is 3. The predicted molar refractivity (Wildman–Crippen MR) is 105 cm³/mol. The number of nitrogens with one attached hydrogen (secondary N) is 1. The Labute approximate surface area is 165 Å². The van der Waals surface area contributed by atoms with Crippen LogP contribution in [0.4, 0.5) is 4.79 Å². The molecule has 1 spiro atoms. The van der Waals surface area contributed by atoms with Gasteiger partial charge in [0.05, 0.1) is 6.67 Å². The van der Waals surface area contributed by atoms with Gasteiger partial charge in [0.2, 0.25) is 0 Å². The Bertz CT molecular complexity index is 760. The number of urea groups is 1. The van der Waals surface area contributed by atoms with Crippen molar-refractivity contribution in [3.63, 3.8) is 0 Å². The number of nitrogens with zero attached hydrogens (tertiary/aromatic N) is 3. The van der Waals surface area contributed by atoms with E-state index < -0.39 is 5.54 Å². The van der Waals surface area contributed by atoms with E-state index in [1.807, 2.05) is 35.2 Å². The first-order valence-corrected chi connectivity index (χ1v) is 10.2. The van der Waals surface area contributed by atoms with Gasteiger partial charge in [-0.15, -0.1) is 0 Å². The highest BCUT2D eigenvalue weighted by Gasteiger charge is 2.55.